The molecule has 1 atom stereocenters. The van der Waals surface area contributed by atoms with Gasteiger partial charge in [-0.25, -0.2) is 5.84 Å². The van der Waals surface area contributed by atoms with Gasteiger partial charge in [0.1, 0.15) is 5.84 Å². The minimum absolute atomic E-state index is 0.393. The zero-order valence-corrected chi connectivity index (χ0v) is 9.81. The van der Waals surface area contributed by atoms with Gasteiger partial charge in [-0.2, -0.15) is 0 Å². The summed E-state index contributed by atoms with van der Waals surface area (Å²) in [5.41, 5.74) is 4.19. The second-order valence-corrected chi connectivity index (χ2v) is 4.75. The molecule has 0 aliphatic heterocycles. The van der Waals surface area contributed by atoms with Crippen LogP contribution in [0, 0.1) is 0 Å². The molecule has 1 aromatic heterocycles. The van der Waals surface area contributed by atoms with Crippen LogP contribution in [0.2, 0.25) is 0 Å². The summed E-state index contributed by atoms with van der Waals surface area (Å²) in [5, 5.41) is 2.17. The van der Waals surface area contributed by atoms with Crippen molar-refractivity contribution in [1.82, 2.24) is 5.43 Å². The van der Waals surface area contributed by atoms with Crippen molar-refractivity contribution >= 4 is 17.2 Å². The van der Waals surface area contributed by atoms with Crippen molar-refractivity contribution in [2.24, 2.45) is 10.8 Å². The molecule has 2 rings (SSSR count). The number of amidine groups is 1. The van der Waals surface area contributed by atoms with Gasteiger partial charge < -0.3 is 5.43 Å². The quantitative estimate of drug-likeness (QED) is 0.349. The maximum Gasteiger partial charge on any atom is 0.118 e. The first-order valence-electron chi connectivity index (χ1n) is 5.44. The van der Waals surface area contributed by atoms with Gasteiger partial charge in [0, 0.05) is 17.3 Å². The topological polar surface area (TPSA) is 50.4 Å². The first-order valence-corrected chi connectivity index (χ1v) is 6.32. The van der Waals surface area contributed by atoms with E-state index < -0.39 is 0 Å². The molecule has 15 heavy (non-hydrogen) atoms. The SMILES string of the molecule is CCN=C(NN)C1CCCc2sccc21. The van der Waals surface area contributed by atoms with Crippen molar-refractivity contribution in [3.05, 3.63) is 21.9 Å². The number of fused-ring (bicyclic) bond motifs is 1. The van der Waals surface area contributed by atoms with Crippen LogP contribution >= 0.6 is 11.3 Å². The molecule has 0 radical (unpaired) electrons. The number of thiophene rings is 1. The molecular weight excluding hydrogens is 206 g/mol. The van der Waals surface area contributed by atoms with E-state index in [0.717, 1.165) is 18.8 Å². The molecule has 0 saturated carbocycles. The number of aryl methyl sites for hydroxylation is 1. The highest BCUT2D eigenvalue weighted by Crippen LogP contribution is 2.35. The lowest BCUT2D eigenvalue weighted by Gasteiger charge is -2.23. The highest BCUT2D eigenvalue weighted by molar-refractivity contribution is 7.10. The van der Waals surface area contributed by atoms with Crippen LogP contribution in [0.1, 0.15) is 36.1 Å². The van der Waals surface area contributed by atoms with Gasteiger partial charge in [-0.1, -0.05) is 0 Å². The van der Waals surface area contributed by atoms with Crippen molar-refractivity contribution in [1.29, 1.82) is 0 Å². The third kappa shape index (κ3) is 2.06. The lowest BCUT2D eigenvalue weighted by molar-refractivity contribution is 0.643. The Kier molecular flexibility index (Phi) is 3.38. The predicted molar refractivity (Wildman–Crippen MR) is 65.3 cm³/mol. The number of rotatable bonds is 2. The molecule has 0 fully saturated rings. The fraction of sp³-hybridized carbons (Fsp3) is 0.545. The monoisotopic (exact) mass is 223 g/mol. The zero-order valence-electron chi connectivity index (χ0n) is 8.99. The average Bonchev–Trinajstić information content (AvgIpc) is 2.73. The molecule has 3 N–H and O–H groups in total. The lowest BCUT2D eigenvalue weighted by Crippen LogP contribution is -2.36. The second kappa shape index (κ2) is 4.77. The summed E-state index contributed by atoms with van der Waals surface area (Å²) in [7, 11) is 0. The Balaban J connectivity index is 2.28. The summed E-state index contributed by atoms with van der Waals surface area (Å²) in [6.07, 6.45) is 3.61. The van der Waals surface area contributed by atoms with E-state index >= 15 is 0 Å². The van der Waals surface area contributed by atoms with Crippen molar-refractivity contribution in [3.8, 4) is 0 Å². The lowest BCUT2D eigenvalue weighted by atomic mass is 9.87. The van der Waals surface area contributed by atoms with Crippen LogP contribution in [-0.4, -0.2) is 12.4 Å². The van der Waals surface area contributed by atoms with E-state index in [1.807, 2.05) is 18.3 Å². The average molecular weight is 223 g/mol. The smallest absolute Gasteiger partial charge is 0.118 e. The van der Waals surface area contributed by atoms with Crippen LogP contribution in [0.4, 0.5) is 0 Å². The summed E-state index contributed by atoms with van der Waals surface area (Å²) in [6.45, 7) is 2.82. The van der Waals surface area contributed by atoms with E-state index in [9.17, 15) is 0 Å². The van der Waals surface area contributed by atoms with Gasteiger partial charge in [-0.05, 0) is 43.2 Å². The van der Waals surface area contributed by atoms with E-state index in [0.29, 0.717) is 5.92 Å². The van der Waals surface area contributed by atoms with Crippen molar-refractivity contribution in [2.75, 3.05) is 6.54 Å². The molecule has 1 aliphatic rings. The van der Waals surface area contributed by atoms with Gasteiger partial charge >= 0.3 is 0 Å². The summed E-state index contributed by atoms with van der Waals surface area (Å²) >= 11 is 1.85. The van der Waals surface area contributed by atoms with Crippen LogP contribution in [0.15, 0.2) is 16.4 Å². The van der Waals surface area contributed by atoms with Gasteiger partial charge in [0.2, 0.25) is 0 Å². The molecule has 0 bridgehead atoms. The van der Waals surface area contributed by atoms with Crippen molar-refractivity contribution in [2.45, 2.75) is 32.1 Å². The molecule has 1 unspecified atom stereocenters. The molecule has 0 amide bonds. The Morgan fingerprint density at radius 3 is 3.33 bits per heavy atom. The Labute approximate surface area is 94.4 Å². The second-order valence-electron chi connectivity index (χ2n) is 3.75. The third-order valence-electron chi connectivity index (χ3n) is 2.86. The van der Waals surface area contributed by atoms with Crippen LogP contribution < -0.4 is 11.3 Å². The van der Waals surface area contributed by atoms with E-state index in [-0.39, 0.29) is 0 Å². The van der Waals surface area contributed by atoms with E-state index in [1.165, 1.54) is 23.3 Å². The fourth-order valence-corrected chi connectivity index (χ4v) is 3.18. The Morgan fingerprint density at radius 1 is 1.73 bits per heavy atom. The minimum atomic E-state index is 0.393. The molecule has 0 aromatic carbocycles. The largest absolute Gasteiger partial charge is 0.312 e. The first-order chi connectivity index (χ1) is 7.36. The number of hydrogen-bond donors (Lipinski definition) is 2. The number of nitrogens with two attached hydrogens (primary N) is 1. The summed E-state index contributed by atoms with van der Waals surface area (Å²) in [6, 6.07) is 2.21. The minimum Gasteiger partial charge on any atom is -0.312 e. The highest BCUT2D eigenvalue weighted by atomic mass is 32.1. The maximum atomic E-state index is 5.54. The zero-order chi connectivity index (χ0) is 10.7. The Hall–Kier alpha value is -0.870. The normalized spacial score (nSPS) is 21.2. The van der Waals surface area contributed by atoms with E-state index in [4.69, 9.17) is 5.84 Å². The predicted octanol–water partition coefficient (Wildman–Crippen LogP) is 2.05. The molecule has 1 heterocycles. The number of nitrogens with zero attached hydrogens (tertiary/aromatic N) is 1. The summed E-state index contributed by atoms with van der Waals surface area (Å²) in [5.74, 6) is 6.87. The standard InChI is InChI=1S/C11H17N3S/c1-2-13-11(14-12)9-4-3-5-10-8(9)6-7-15-10/h6-7,9H,2-5,12H2,1H3,(H,13,14). The van der Waals surface area contributed by atoms with Gasteiger partial charge in [-0.3, -0.25) is 4.99 Å². The van der Waals surface area contributed by atoms with Crippen LogP contribution in [0.25, 0.3) is 0 Å². The Bertz CT molecular complexity index is 356. The first kappa shape index (κ1) is 10.6. The molecule has 82 valence electrons. The van der Waals surface area contributed by atoms with Crippen LogP contribution in [0.5, 0.6) is 0 Å². The summed E-state index contributed by atoms with van der Waals surface area (Å²) < 4.78 is 0. The van der Waals surface area contributed by atoms with Crippen molar-refractivity contribution in [3.63, 3.8) is 0 Å². The Morgan fingerprint density at radius 2 is 2.60 bits per heavy atom. The number of nitrogens with one attached hydrogen (secondary N) is 1. The van der Waals surface area contributed by atoms with E-state index in [1.54, 1.807) is 0 Å². The molecule has 0 spiro atoms. The van der Waals surface area contributed by atoms with Crippen molar-refractivity contribution < 1.29 is 0 Å². The number of hydrazine groups is 1. The summed E-state index contributed by atoms with van der Waals surface area (Å²) in [4.78, 5) is 5.93. The number of aliphatic imine (C=N–C) groups is 1. The molecular formula is C11H17N3S. The van der Waals surface area contributed by atoms with Gasteiger partial charge in [0.05, 0.1) is 0 Å². The van der Waals surface area contributed by atoms with E-state index in [2.05, 4.69) is 21.9 Å². The van der Waals surface area contributed by atoms with Crippen LogP contribution in [0.3, 0.4) is 0 Å². The fourth-order valence-electron chi connectivity index (χ4n) is 2.20. The highest BCUT2D eigenvalue weighted by Gasteiger charge is 2.24. The molecule has 0 saturated heterocycles. The third-order valence-corrected chi connectivity index (χ3v) is 3.85. The molecule has 1 aromatic rings. The van der Waals surface area contributed by atoms with Gasteiger partial charge in [-0.15, -0.1) is 11.3 Å². The number of hydrogen-bond acceptors (Lipinski definition) is 3. The van der Waals surface area contributed by atoms with Gasteiger partial charge in [0.25, 0.3) is 0 Å². The molecule has 4 heteroatoms. The van der Waals surface area contributed by atoms with Gasteiger partial charge in [0.15, 0.2) is 0 Å². The molecule has 1 aliphatic carbocycles. The van der Waals surface area contributed by atoms with Crippen LogP contribution in [-0.2, 0) is 6.42 Å². The molecule has 3 nitrogen and oxygen atoms in total. The maximum absolute atomic E-state index is 5.54.